The Morgan fingerprint density at radius 2 is 1.95 bits per heavy atom. The van der Waals surface area contributed by atoms with Crippen molar-refractivity contribution in [1.29, 1.82) is 0 Å². The normalized spacial score (nSPS) is 16.4. The van der Waals surface area contributed by atoms with E-state index in [1.54, 1.807) is 4.90 Å². The number of hydrogen-bond donors (Lipinski definition) is 0. The van der Waals surface area contributed by atoms with E-state index in [1.807, 2.05) is 12.3 Å². The Kier molecular flexibility index (Phi) is 3.56. The number of likely N-dealkylation sites (tertiary alicyclic amines) is 1. The highest BCUT2D eigenvalue weighted by Gasteiger charge is 2.21. The van der Waals surface area contributed by atoms with Crippen LogP contribution in [-0.2, 0) is 0 Å². The molecule has 0 bridgehead atoms. The van der Waals surface area contributed by atoms with Gasteiger partial charge in [0, 0.05) is 30.4 Å². The molecule has 1 aliphatic heterocycles. The third kappa shape index (κ3) is 2.24. The fraction of sp³-hybridized carbons (Fsp3) is 0.500. The first-order valence-electron chi connectivity index (χ1n) is 6.93. The second-order valence-corrected chi connectivity index (χ2v) is 6.02. The van der Waals surface area contributed by atoms with Gasteiger partial charge >= 0.3 is 0 Å². The van der Waals surface area contributed by atoms with Crippen LogP contribution < -0.4 is 5.56 Å². The van der Waals surface area contributed by atoms with Crippen molar-refractivity contribution in [2.24, 2.45) is 0 Å². The van der Waals surface area contributed by atoms with Gasteiger partial charge in [0.15, 0.2) is 4.96 Å². The van der Waals surface area contributed by atoms with Gasteiger partial charge in [0.2, 0.25) is 0 Å². The van der Waals surface area contributed by atoms with Crippen molar-refractivity contribution in [2.45, 2.75) is 32.6 Å². The Morgan fingerprint density at radius 3 is 2.65 bits per heavy atom. The molecule has 2 aromatic rings. The zero-order valence-electron chi connectivity index (χ0n) is 11.5. The van der Waals surface area contributed by atoms with Gasteiger partial charge in [-0.25, -0.2) is 4.98 Å². The Morgan fingerprint density at radius 1 is 1.25 bits per heavy atom. The molecule has 0 atom stereocenters. The van der Waals surface area contributed by atoms with E-state index in [9.17, 15) is 9.59 Å². The molecule has 0 unspecified atom stereocenters. The molecule has 1 aliphatic rings. The molecule has 0 aliphatic carbocycles. The van der Waals surface area contributed by atoms with E-state index >= 15 is 0 Å². The summed E-state index contributed by atoms with van der Waals surface area (Å²) in [5, 5.41) is 1.88. The van der Waals surface area contributed by atoms with E-state index in [0.29, 0.717) is 4.96 Å². The van der Waals surface area contributed by atoms with Crippen molar-refractivity contribution in [3.63, 3.8) is 0 Å². The van der Waals surface area contributed by atoms with Gasteiger partial charge in [0.05, 0.1) is 0 Å². The van der Waals surface area contributed by atoms with Gasteiger partial charge in [-0.1, -0.05) is 12.8 Å². The van der Waals surface area contributed by atoms with Crippen LogP contribution in [0.5, 0.6) is 0 Å². The van der Waals surface area contributed by atoms with Crippen molar-refractivity contribution in [1.82, 2.24) is 14.3 Å². The van der Waals surface area contributed by atoms with Crippen molar-refractivity contribution in [3.05, 3.63) is 33.2 Å². The number of hydrogen-bond acceptors (Lipinski definition) is 4. The van der Waals surface area contributed by atoms with Gasteiger partial charge in [0.25, 0.3) is 11.5 Å². The van der Waals surface area contributed by atoms with Crippen LogP contribution in [0.4, 0.5) is 0 Å². The molecule has 20 heavy (non-hydrogen) atoms. The predicted molar refractivity (Wildman–Crippen MR) is 78.4 cm³/mol. The third-order valence-electron chi connectivity index (χ3n) is 3.74. The van der Waals surface area contributed by atoms with Gasteiger partial charge < -0.3 is 4.90 Å². The molecule has 2 aromatic heterocycles. The summed E-state index contributed by atoms with van der Waals surface area (Å²) in [5.74, 6) is -0.176. The minimum absolute atomic E-state index is 0.176. The summed E-state index contributed by atoms with van der Waals surface area (Å²) in [6.07, 6.45) is 5.77. The number of rotatable bonds is 1. The molecule has 3 rings (SSSR count). The fourth-order valence-electron chi connectivity index (χ4n) is 2.62. The first-order chi connectivity index (χ1) is 9.68. The molecule has 0 radical (unpaired) electrons. The van der Waals surface area contributed by atoms with E-state index < -0.39 is 0 Å². The Labute approximate surface area is 120 Å². The Bertz CT molecular complexity index is 696. The summed E-state index contributed by atoms with van der Waals surface area (Å²) in [5.41, 5.74) is 0.766. The smallest absolute Gasteiger partial charge is 0.271 e. The van der Waals surface area contributed by atoms with Crippen LogP contribution in [0.2, 0.25) is 0 Å². The van der Waals surface area contributed by atoms with Gasteiger partial charge in [0.1, 0.15) is 5.56 Å². The van der Waals surface area contributed by atoms with Crippen molar-refractivity contribution >= 4 is 22.2 Å². The van der Waals surface area contributed by atoms with Crippen molar-refractivity contribution in [3.8, 4) is 0 Å². The molecule has 0 spiro atoms. The molecule has 0 saturated carbocycles. The highest BCUT2D eigenvalue weighted by Crippen LogP contribution is 2.14. The molecular formula is C14H17N3O2S. The van der Waals surface area contributed by atoms with Gasteiger partial charge in [-0.15, -0.1) is 11.3 Å². The molecule has 1 fully saturated rings. The molecule has 6 heteroatoms. The highest BCUT2D eigenvalue weighted by atomic mass is 32.1. The highest BCUT2D eigenvalue weighted by molar-refractivity contribution is 7.15. The summed E-state index contributed by atoms with van der Waals surface area (Å²) >= 11 is 1.41. The fourth-order valence-corrected chi connectivity index (χ4v) is 3.44. The predicted octanol–water partition coefficient (Wildman–Crippen LogP) is 2.08. The Balaban J connectivity index is 2.00. The number of amides is 1. The van der Waals surface area contributed by atoms with Crippen LogP contribution in [0.15, 0.2) is 16.4 Å². The number of carbonyl (C=O) groups is 1. The summed E-state index contributed by atoms with van der Waals surface area (Å²) in [6, 6.07) is 0. The number of aromatic nitrogens is 2. The van der Waals surface area contributed by atoms with Crippen LogP contribution in [0, 0.1) is 6.92 Å². The monoisotopic (exact) mass is 291 g/mol. The average Bonchev–Trinajstić information content (AvgIpc) is 2.67. The van der Waals surface area contributed by atoms with E-state index in [4.69, 9.17) is 0 Å². The molecule has 5 nitrogen and oxygen atoms in total. The zero-order chi connectivity index (χ0) is 14.1. The number of fused-ring (bicyclic) bond motifs is 1. The van der Waals surface area contributed by atoms with Crippen LogP contribution in [0.25, 0.3) is 4.96 Å². The first kappa shape index (κ1) is 13.3. The molecule has 1 amide bonds. The third-order valence-corrected chi connectivity index (χ3v) is 4.70. The lowest BCUT2D eigenvalue weighted by Crippen LogP contribution is -2.36. The summed E-state index contributed by atoms with van der Waals surface area (Å²) in [6.45, 7) is 3.33. The van der Waals surface area contributed by atoms with E-state index in [2.05, 4.69) is 4.98 Å². The van der Waals surface area contributed by atoms with E-state index in [-0.39, 0.29) is 17.0 Å². The van der Waals surface area contributed by atoms with Crippen LogP contribution in [0.1, 0.15) is 41.7 Å². The molecule has 1 saturated heterocycles. The largest absolute Gasteiger partial charge is 0.338 e. The quantitative estimate of drug-likeness (QED) is 0.808. The number of thiazole rings is 1. The molecule has 106 valence electrons. The van der Waals surface area contributed by atoms with Crippen LogP contribution in [0.3, 0.4) is 0 Å². The van der Waals surface area contributed by atoms with Gasteiger partial charge in [-0.05, 0) is 19.8 Å². The maximum Gasteiger partial charge on any atom is 0.271 e. The maximum atomic E-state index is 12.5. The Hall–Kier alpha value is -1.69. The topological polar surface area (TPSA) is 54.7 Å². The molecule has 0 aromatic carbocycles. The van der Waals surface area contributed by atoms with Crippen LogP contribution >= 0.6 is 11.3 Å². The van der Waals surface area contributed by atoms with Crippen molar-refractivity contribution in [2.75, 3.05) is 13.1 Å². The van der Waals surface area contributed by atoms with Crippen LogP contribution in [-0.4, -0.2) is 33.3 Å². The average molecular weight is 291 g/mol. The molecule has 3 heterocycles. The minimum Gasteiger partial charge on any atom is -0.338 e. The van der Waals surface area contributed by atoms with E-state index in [0.717, 1.165) is 44.5 Å². The first-order valence-corrected chi connectivity index (χ1v) is 7.81. The lowest BCUT2D eigenvalue weighted by molar-refractivity contribution is 0.0759. The van der Waals surface area contributed by atoms with E-state index in [1.165, 1.54) is 21.9 Å². The maximum absolute atomic E-state index is 12.5. The second kappa shape index (κ2) is 5.36. The standard InChI is InChI=1S/C14H17N3O2S/c1-10-9-20-14-15-8-11(13(19)17(10)14)12(18)16-6-4-2-3-5-7-16/h8-9H,2-7H2,1H3. The minimum atomic E-state index is -0.247. The summed E-state index contributed by atoms with van der Waals surface area (Å²) < 4.78 is 1.52. The summed E-state index contributed by atoms with van der Waals surface area (Å²) in [4.78, 5) is 31.7. The summed E-state index contributed by atoms with van der Waals surface area (Å²) in [7, 11) is 0. The van der Waals surface area contributed by atoms with Crippen molar-refractivity contribution < 1.29 is 4.79 Å². The lowest BCUT2D eigenvalue weighted by atomic mass is 10.2. The number of aryl methyl sites for hydroxylation is 1. The molecule has 0 N–H and O–H groups in total. The SMILES string of the molecule is Cc1csc2ncc(C(=O)N3CCCCCC3)c(=O)n12. The zero-order valence-corrected chi connectivity index (χ0v) is 12.3. The number of nitrogens with zero attached hydrogens (tertiary/aromatic N) is 3. The second-order valence-electron chi connectivity index (χ2n) is 5.18. The van der Waals surface area contributed by atoms with Gasteiger partial charge in [-0.3, -0.25) is 14.0 Å². The van der Waals surface area contributed by atoms with Gasteiger partial charge in [-0.2, -0.15) is 0 Å². The lowest BCUT2D eigenvalue weighted by Gasteiger charge is -2.19. The number of carbonyl (C=O) groups excluding carboxylic acids is 1. The molecular weight excluding hydrogens is 274 g/mol.